The number of hydrogen-bond donors (Lipinski definition) is 1. The van der Waals surface area contributed by atoms with Gasteiger partial charge in [0.2, 0.25) is 0 Å². The molecule has 0 radical (unpaired) electrons. The van der Waals surface area contributed by atoms with Crippen LogP contribution in [-0.4, -0.2) is 24.0 Å². The largest absolute Gasteiger partial charge is 0.478 e. The molecule has 0 amide bonds. The molecule has 19 heavy (non-hydrogen) atoms. The fourth-order valence-corrected chi connectivity index (χ4v) is 2.13. The fraction of sp³-hybridized carbons (Fsp3) is 0.400. The summed E-state index contributed by atoms with van der Waals surface area (Å²) in [4.78, 5) is 11.1. The minimum atomic E-state index is -0.933. The van der Waals surface area contributed by atoms with Crippen molar-refractivity contribution < 1.29 is 19.4 Å². The molecule has 1 fully saturated rings. The minimum absolute atomic E-state index is 0.221. The van der Waals surface area contributed by atoms with Crippen LogP contribution in [0.3, 0.4) is 0 Å². The summed E-state index contributed by atoms with van der Waals surface area (Å²) in [5.74, 6) is -0.286. The molecule has 102 valence electrons. The van der Waals surface area contributed by atoms with Crippen LogP contribution >= 0.6 is 0 Å². The summed E-state index contributed by atoms with van der Waals surface area (Å²) in [7, 11) is 0. The maximum absolute atomic E-state index is 11.1. The molecule has 0 saturated carbocycles. The molecule has 0 aromatic heterocycles. The van der Waals surface area contributed by atoms with Crippen LogP contribution in [0.1, 0.15) is 35.2 Å². The highest BCUT2D eigenvalue weighted by molar-refractivity contribution is 5.89. The lowest BCUT2D eigenvalue weighted by Crippen LogP contribution is -2.25. The summed E-state index contributed by atoms with van der Waals surface area (Å²) < 4.78 is 11.2. The van der Waals surface area contributed by atoms with Crippen LogP contribution in [0.4, 0.5) is 0 Å². The zero-order chi connectivity index (χ0) is 13.7. The van der Waals surface area contributed by atoms with Gasteiger partial charge >= 0.3 is 5.97 Å². The number of hydrogen-bond acceptors (Lipinski definition) is 3. The fourth-order valence-electron chi connectivity index (χ4n) is 2.13. The normalized spacial score (nSPS) is 18.8. The number of allylic oxidation sites excluding steroid dienone is 1. The summed E-state index contributed by atoms with van der Waals surface area (Å²) in [5.41, 5.74) is 0.993. The van der Waals surface area contributed by atoms with Gasteiger partial charge in [0.25, 0.3) is 0 Å². The SMILES string of the molecule is C=CCc1cc(OC2CCCCO2)ccc1C(=O)O. The standard InChI is InChI=1S/C15H18O4/c1-2-5-11-10-12(7-8-13(11)15(16)17)19-14-6-3-4-9-18-14/h2,7-8,10,14H,1,3-6,9H2,(H,16,17). The van der Waals surface area contributed by atoms with Crippen LogP contribution in [0.2, 0.25) is 0 Å². The van der Waals surface area contributed by atoms with Crippen molar-refractivity contribution in [1.82, 2.24) is 0 Å². The molecule has 1 aromatic carbocycles. The topological polar surface area (TPSA) is 55.8 Å². The maximum atomic E-state index is 11.1. The van der Waals surface area contributed by atoms with Crippen molar-refractivity contribution in [2.24, 2.45) is 0 Å². The second kappa shape index (κ2) is 6.38. The lowest BCUT2D eigenvalue weighted by Gasteiger charge is -2.23. The van der Waals surface area contributed by atoms with Crippen LogP contribution in [0.5, 0.6) is 5.75 Å². The van der Waals surface area contributed by atoms with Gasteiger partial charge in [-0.15, -0.1) is 6.58 Å². The van der Waals surface area contributed by atoms with Crippen molar-refractivity contribution in [3.8, 4) is 5.75 Å². The lowest BCUT2D eigenvalue weighted by molar-refractivity contribution is -0.105. The number of carbonyl (C=O) groups is 1. The molecule has 1 heterocycles. The van der Waals surface area contributed by atoms with E-state index in [9.17, 15) is 4.79 Å². The highest BCUT2D eigenvalue weighted by atomic mass is 16.7. The van der Waals surface area contributed by atoms with Gasteiger partial charge < -0.3 is 14.6 Å². The first-order chi connectivity index (χ1) is 9.20. The molecule has 0 bridgehead atoms. The van der Waals surface area contributed by atoms with E-state index < -0.39 is 5.97 Å². The second-order valence-corrected chi connectivity index (χ2v) is 4.53. The molecular weight excluding hydrogens is 244 g/mol. The summed E-state index contributed by atoms with van der Waals surface area (Å²) in [5, 5.41) is 9.10. The zero-order valence-corrected chi connectivity index (χ0v) is 10.8. The Kier molecular flexibility index (Phi) is 4.58. The Bertz CT molecular complexity index is 461. The van der Waals surface area contributed by atoms with Crippen molar-refractivity contribution in [2.45, 2.75) is 32.0 Å². The van der Waals surface area contributed by atoms with E-state index in [-0.39, 0.29) is 11.9 Å². The summed E-state index contributed by atoms with van der Waals surface area (Å²) >= 11 is 0. The van der Waals surface area contributed by atoms with E-state index in [1.165, 1.54) is 0 Å². The lowest BCUT2D eigenvalue weighted by atomic mass is 10.0. The van der Waals surface area contributed by atoms with Crippen molar-refractivity contribution in [3.05, 3.63) is 42.0 Å². The number of aromatic carboxylic acids is 1. The van der Waals surface area contributed by atoms with Gasteiger partial charge in [0, 0.05) is 6.42 Å². The van der Waals surface area contributed by atoms with E-state index in [2.05, 4.69) is 6.58 Å². The summed E-state index contributed by atoms with van der Waals surface area (Å²) in [6.07, 6.45) is 5.00. The molecule has 1 atom stereocenters. The molecule has 1 aromatic rings. The molecule has 2 rings (SSSR count). The van der Waals surface area contributed by atoms with Crippen LogP contribution < -0.4 is 4.74 Å². The molecule has 1 saturated heterocycles. The van der Waals surface area contributed by atoms with Crippen LogP contribution in [0.15, 0.2) is 30.9 Å². The van der Waals surface area contributed by atoms with Crippen LogP contribution in [0.25, 0.3) is 0 Å². The quantitative estimate of drug-likeness (QED) is 0.829. The Morgan fingerprint density at radius 3 is 3.00 bits per heavy atom. The maximum Gasteiger partial charge on any atom is 0.335 e. The third-order valence-corrected chi connectivity index (χ3v) is 3.08. The number of carboxylic acid groups (broad SMARTS) is 1. The highest BCUT2D eigenvalue weighted by Crippen LogP contribution is 2.23. The van der Waals surface area contributed by atoms with Gasteiger partial charge in [0.1, 0.15) is 5.75 Å². The molecular formula is C15H18O4. The molecule has 4 nitrogen and oxygen atoms in total. The Morgan fingerprint density at radius 1 is 1.53 bits per heavy atom. The Labute approximate surface area is 112 Å². The third-order valence-electron chi connectivity index (χ3n) is 3.08. The number of benzene rings is 1. The number of rotatable bonds is 5. The number of ether oxygens (including phenoxy) is 2. The van der Waals surface area contributed by atoms with Crippen LogP contribution in [-0.2, 0) is 11.2 Å². The molecule has 0 aliphatic carbocycles. The van der Waals surface area contributed by atoms with E-state index in [0.29, 0.717) is 17.7 Å². The van der Waals surface area contributed by atoms with E-state index in [4.69, 9.17) is 14.6 Å². The van der Waals surface area contributed by atoms with E-state index in [1.807, 2.05) is 0 Å². The predicted molar refractivity (Wildman–Crippen MR) is 71.5 cm³/mol. The third kappa shape index (κ3) is 3.58. The van der Waals surface area contributed by atoms with Crippen LogP contribution in [0, 0.1) is 0 Å². The number of carboxylic acids is 1. The van der Waals surface area contributed by atoms with Crippen molar-refractivity contribution in [3.63, 3.8) is 0 Å². The molecule has 1 unspecified atom stereocenters. The Hall–Kier alpha value is -1.81. The smallest absolute Gasteiger partial charge is 0.335 e. The Balaban J connectivity index is 2.14. The van der Waals surface area contributed by atoms with Gasteiger partial charge in [0.05, 0.1) is 12.2 Å². The average Bonchev–Trinajstić information content (AvgIpc) is 2.40. The van der Waals surface area contributed by atoms with E-state index >= 15 is 0 Å². The van der Waals surface area contributed by atoms with Gasteiger partial charge in [-0.3, -0.25) is 0 Å². The predicted octanol–water partition coefficient (Wildman–Crippen LogP) is 3.02. The molecule has 0 spiro atoms. The highest BCUT2D eigenvalue weighted by Gasteiger charge is 2.16. The van der Waals surface area contributed by atoms with Gasteiger partial charge in [-0.25, -0.2) is 4.79 Å². The summed E-state index contributed by atoms with van der Waals surface area (Å²) in [6, 6.07) is 5.00. The molecule has 4 heteroatoms. The zero-order valence-electron chi connectivity index (χ0n) is 10.8. The second-order valence-electron chi connectivity index (χ2n) is 4.53. The monoisotopic (exact) mass is 262 g/mol. The average molecular weight is 262 g/mol. The van der Waals surface area contributed by atoms with Gasteiger partial charge in [0.15, 0.2) is 6.29 Å². The van der Waals surface area contributed by atoms with Gasteiger partial charge in [-0.1, -0.05) is 6.08 Å². The first kappa shape index (κ1) is 13.6. The molecule has 1 aliphatic rings. The molecule has 1 N–H and O–H groups in total. The van der Waals surface area contributed by atoms with Crippen molar-refractivity contribution in [2.75, 3.05) is 6.61 Å². The van der Waals surface area contributed by atoms with Gasteiger partial charge in [-0.05, 0) is 43.0 Å². The first-order valence-corrected chi connectivity index (χ1v) is 6.46. The Morgan fingerprint density at radius 2 is 2.37 bits per heavy atom. The minimum Gasteiger partial charge on any atom is -0.478 e. The summed E-state index contributed by atoms with van der Waals surface area (Å²) in [6.45, 7) is 4.36. The van der Waals surface area contributed by atoms with E-state index in [1.54, 1.807) is 24.3 Å². The first-order valence-electron chi connectivity index (χ1n) is 6.46. The molecule has 1 aliphatic heterocycles. The van der Waals surface area contributed by atoms with Crippen molar-refractivity contribution in [1.29, 1.82) is 0 Å². The van der Waals surface area contributed by atoms with E-state index in [0.717, 1.165) is 25.9 Å². The van der Waals surface area contributed by atoms with Gasteiger partial charge in [-0.2, -0.15) is 0 Å². The van der Waals surface area contributed by atoms with Crippen molar-refractivity contribution >= 4 is 5.97 Å².